The molecule has 1 amide bonds. The maximum Gasteiger partial charge on any atom is 0.266 e. The molecule has 8 heteroatoms. The number of carbonyl (C=O) groups excluding carboxylic acids is 1. The van der Waals surface area contributed by atoms with Crippen LogP contribution in [0.3, 0.4) is 0 Å². The third-order valence-electron chi connectivity index (χ3n) is 5.88. The van der Waals surface area contributed by atoms with Crippen molar-refractivity contribution in [1.29, 1.82) is 0 Å². The molecule has 8 nitrogen and oxygen atoms in total. The van der Waals surface area contributed by atoms with Crippen LogP contribution in [-0.2, 0) is 11.8 Å². The molecule has 1 atom stereocenters. The zero-order valence-electron chi connectivity index (χ0n) is 17.8. The largest absolute Gasteiger partial charge is 0.354 e. The van der Waals surface area contributed by atoms with E-state index in [4.69, 9.17) is 4.98 Å². The molecule has 0 spiro atoms. The molecular weight excluding hydrogens is 404 g/mol. The van der Waals surface area contributed by atoms with E-state index in [1.54, 1.807) is 13.1 Å². The molecule has 4 heterocycles. The van der Waals surface area contributed by atoms with Crippen LogP contribution in [0.25, 0.3) is 16.9 Å². The minimum Gasteiger partial charge on any atom is -0.354 e. The first-order chi connectivity index (χ1) is 15.6. The maximum atomic E-state index is 13.3. The maximum absolute atomic E-state index is 13.3. The second-order valence-corrected chi connectivity index (χ2v) is 8.03. The summed E-state index contributed by atoms with van der Waals surface area (Å²) < 4.78 is 3.24. The fourth-order valence-corrected chi connectivity index (χ4v) is 4.19. The number of nitrogens with one attached hydrogen (secondary N) is 1. The molecule has 1 aromatic carbocycles. The van der Waals surface area contributed by atoms with Gasteiger partial charge in [0.15, 0.2) is 0 Å². The zero-order chi connectivity index (χ0) is 22.1. The molecule has 1 fully saturated rings. The van der Waals surface area contributed by atoms with Gasteiger partial charge in [-0.2, -0.15) is 5.10 Å². The molecule has 0 radical (unpaired) electrons. The lowest BCUT2D eigenvalue weighted by atomic mass is 9.97. The number of anilines is 2. The van der Waals surface area contributed by atoms with Gasteiger partial charge >= 0.3 is 0 Å². The number of piperidine rings is 1. The number of hydrogen-bond donors (Lipinski definition) is 1. The van der Waals surface area contributed by atoms with Gasteiger partial charge in [0, 0.05) is 38.0 Å². The topological polar surface area (TPSA) is 84.5 Å². The number of carbonyl (C=O) groups is 1. The lowest BCUT2D eigenvalue weighted by Gasteiger charge is -2.32. The molecule has 1 aliphatic rings. The molecule has 0 bridgehead atoms. The van der Waals surface area contributed by atoms with E-state index >= 15 is 0 Å². The highest BCUT2D eigenvalue weighted by atomic mass is 16.2. The van der Waals surface area contributed by atoms with Gasteiger partial charge in [-0.25, -0.2) is 9.67 Å². The predicted molar refractivity (Wildman–Crippen MR) is 124 cm³/mol. The standard InChI is InChI=1S/C24H24N6O2/c1-28-21(31)13-12-20(27-28)29-14-7-10-18(16-29)24(32)26-23-22(17-8-3-2-4-9-17)25-19-11-5-6-15-30(19)23/h2-6,8-9,11-13,15,18H,7,10,14,16H2,1H3,(H,26,32)/t18-/m0/s1. The summed E-state index contributed by atoms with van der Waals surface area (Å²) in [7, 11) is 1.63. The Balaban J connectivity index is 1.42. The molecule has 1 aliphatic heterocycles. The number of rotatable bonds is 4. The van der Waals surface area contributed by atoms with Crippen LogP contribution < -0.4 is 15.8 Å². The summed E-state index contributed by atoms with van der Waals surface area (Å²) in [4.78, 5) is 31.8. The first kappa shape index (κ1) is 20.0. The second kappa shape index (κ2) is 8.30. The number of fused-ring (bicyclic) bond motifs is 1. The van der Waals surface area contributed by atoms with Crippen molar-refractivity contribution in [2.24, 2.45) is 13.0 Å². The van der Waals surface area contributed by atoms with E-state index in [2.05, 4.69) is 15.3 Å². The van der Waals surface area contributed by atoms with E-state index in [0.717, 1.165) is 36.3 Å². The molecule has 0 aliphatic carbocycles. The average molecular weight is 428 g/mol. The third kappa shape index (κ3) is 3.75. The van der Waals surface area contributed by atoms with Gasteiger partial charge in [-0.05, 0) is 31.0 Å². The van der Waals surface area contributed by atoms with Crippen molar-refractivity contribution in [2.45, 2.75) is 12.8 Å². The van der Waals surface area contributed by atoms with Crippen molar-refractivity contribution < 1.29 is 4.79 Å². The van der Waals surface area contributed by atoms with Crippen LogP contribution in [0, 0.1) is 5.92 Å². The zero-order valence-corrected chi connectivity index (χ0v) is 17.8. The number of amides is 1. The van der Waals surface area contributed by atoms with E-state index in [-0.39, 0.29) is 17.4 Å². The molecule has 162 valence electrons. The first-order valence-corrected chi connectivity index (χ1v) is 10.7. The first-order valence-electron chi connectivity index (χ1n) is 10.7. The van der Waals surface area contributed by atoms with Gasteiger partial charge in [0.25, 0.3) is 5.56 Å². The second-order valence-electron chi connectivity index (χ2n) is 8.03. The Bertz CT molecular complexity index is 1330. The Morgan fingerprint density at radius 2 is 1.88 bits per heavy atom. The van der Waals surface area contributed by atoms with Gasteiger partial charge in [0.05, 0.1) is 5.92 Å². The molecule has 32 heavy (non-hydrogen) atoms. The number of aromatic nitrogens is 4. The predicted octanol–water partition coefficient (Wildman–Crippen LogP) is 2.95. The van der Waals surface area contributed by atoms with E-state index in [9.17, 15) is 9.59 Å². The molecule has 4 aromatic rings. The van der Waals surface area contributed by atoms with E-state index in [0.29, 0.717) is 18.2 Å². The van der Waals surface area contributed by atoms with Crippen LogP contribution in [0.5, 0.6) is 0 Å². The number of hydrogen-bond acceptors (Lipinski definition) is 5. The lowest BCUT2D eigenvalue weighted by molar-refractivity contribution is -0.120. The van der Waals surface area contributed by atoms with Crippen molar-refractivity contribution in [3.05, 3.63) is 77.2 Å². The summed E-state index contributed by atoms with van der Waals surface area (Å²) in [6, 6.07) is 18.9. The average Bonchev–Trinajstić information content (AvgIpc) is 3.20. The lowest BCUT2D eigenvalue weighted by Crippen LogP contribution is -2.42. The van der Waals surface area contributed by atoms with E-state index < -0.39 is 0 Å². The molecule has 0 saturated carbocycles. The van der Waals surface area contributed by atoms with Crippen molar-refractivity contribution in [3.8, 4) is 11.3 Å². The van der Waals surface area contributed by atoms with Crippen LogP contribution in [0.2, 0.25) is 0 Å². The normalized spacial score (nSPS) is 16.3. The molecular formula is C24H24N6O2. The number of pyridine rings is 1. The fraction of sp³-hybridized carbons (Fsp3) is 0.250. The number of nitrogens with zero attached hydrogens (tertiary/aromatic N) is 5. The Hall–Kier alpha value is -3.94. The summed E-state index contributed by atoms with van der Waals surface area (Å²) in [5.41, 5.74) is 2.33. The van der Waals surface area contributed by atoms with Crippen LogP contribution in [0.15, 0.2) is 71.7 Å². The number of benzene rings is 1. The minimum absolute atomic E-state index is 0.0395. The van der Waals surface area contributed by atoms with Gasteiger partial charge in [0.2, 0.25) is 5.91 Å². The Morgan fingerprint density at radius 3 is 2.69 bits per heavy atom. The summed E-state index contributed by atoms with van der Waals surface area (Å²) in [5.74, 6) is 1.15. The van der Waals surface area contributed by atoms with E-state index in [1.807, 2.05) is 59.1 Å². The van der Waals surface area contributed by atoms with Crippen molar-refractivity contribution in [2.75, 3.05) is 23.3 Å². The summed E-state index contributed by atoms with van der Waals surface area (Å²) >= 11 is 0. The molecule has 5 rings (SSSR count). The molecule has 0 unspecified atom stereocenters. The van der Waals surface area contributed by atoms with Crippen LogP contribution in [-0.4, -0.2) is 38.2 Å². The minimum atomic E-state index is -0.194. The van der Waals surface area contributed by atoms with Crippen molar-refractivity contribution in [1.82, 2.24) is 19.2 Å². The third-order valence-corrected chi connectivity index (χ3v) is 5.88. The van der Waals surface area contributed by atoms with Gasteiger partial charge in [-0.1, -0.05) is 36.4 Å². The van der Waals surface area contributed by atoms with E-state index in [1.165, 1.54) is 10.7 Å². The van der Waals surface area contributed by atoms with Gasteiger partial charge in [-0.15, -0.1) is 0 Å². The summed E-state index contributed by atoms with van der Waals surface area (Å²) in [6.45, 7) is 1.36. The molecule has 3 aromatic heterocycles. The summed E-state index contributed by atoms with van der Waals surface area (Å²) in [6.07, 6.45) is 3.58. The Morgan fingerprint density at radius 1 is 1.06 bits per heavy atom. The Kier molecular flexibility index (Phi) is 5.18. The van der Waals surface area contributed by atoms with Gasteiger partial charge in [0.1, 0.15) is 23.0 Å². The fourth-order valence-electron chi connectivity index (χ4n) is 4.19. The molecule has 1 N–H and O–H groups in total. The molecule has 1 saturated heterocycles. The monoisotopic (exact) mass is 428 g/mol. The summed E-state index contributed by atoms with van der Waals surface area (Å²) in [5, 5.41) is 7.50. The highest BCUT2D eigenvalue weighted by molar-refractivity contribution is 5.96. The van der Waals surface area contributed by atoms with Crippen molar-refractivity contribution in [3.63, 3.8) is 0 Å². The van der Waals surface area contributed by atoms with Crippen LogP contribution in [0.1, 0.15) is 12.8 Å². The van der Waals surface area contributed by atoms with Gasteiger partial charge < -0.3 is 10.2 Å². The quantitative estimate of drug-likeness (QED) is 0.540. The smallest absolute Gasteiger partial charge is 0.266 e. The van der Waals surface area contributed by atoms with Crippen molar-refractivity contribution >= 4 is 23.2 Å². The highest BCUT2D eigenvalue weighted by Gasteiger charge is 2.28. The SMILES string of the molecule is Cn1nc(N2CCC[C@H](C(=O)Nc3c(-c4ccccc4)nc4ccccn34)C2)ccc1=O. The number of aryl methyl sites for hydroxylation is 1. The number of imidazole rings is 1. The van der Waals surface area contributed by atoms with Crippen LogP contribution >= 0.6 is 0 Å². The highest BCUT2D eigenvalue weighted by Crippen LogP contribution is 2.30. The van der Waals surface area contributed by atoms with Gasteiger partial charge in [-0.3, -0.25) is 14.0 Å². The van der Waals surface area contributed by atoms with Crippen LogP contribution in [0.4, 0.5) is 11.6 Å². The Labute approximate surface area is 185 Å².